The van der Waals surface area contributed by atoms with Gasteiger partial charge < -0.3 is 9.30 Å². The molecular weight excluding hydrogens is 382 g/mol. The highest BCUT2D eigenvalue weighted by Gasteiger charge is 2.11. The quantitative estimate of drug-likeness (QED) is 0.406. The first-order chi connectivity index (χ1) is 14.2. The lowest BCUT2D eigenvalue weighted by Crippen LogP contribution is -2.19. The molecule has 3 heterocycles. The first-order valence-corrected chi connectivity index (χ1v) is 9.89. The average molecular weight is 401 g/mol. The van der Waals surface area contributed by atoms with Crippen molar-refractivity contribution < 1.29 is 4.74 Å². The van der Waals surface area contributed by atoms with Gasteiger partial charge in [0.15, 0.2) is 10.6 Å². The molecule has 0 saturated carbocycles. The lowest BCUT2D eigenvalue weighted by molar-refractivity contribution is 0.415. The number of nitrogens with zero attached hydrogens (tertiary/aromatic N) is 4. The minimum atomic E-state index is 0.199. The highest BCUT2D eigenvalue weighted by Crippen LogP contribution is 2.23. The van der Waals surface area contributed by atoms with Gasteiger partial charge in [-0.05, 0) is 54.1 Å². The number of benzene rings is 1. The Morgan fingerprint density at radius 3 is 2.55 bits per heavy atom. The zero-order chi connectivity index (χ0) is 20.1. The van der Waals surface area contributed by atoms with Crippen molar-refractivity contribution in [1.29, 1.82) is 5.41 Å². The Hall–Kier alpha value is -3.58. The molecule has 0 amide bonds. The largest absolute Gasteiger partial charge is 0.497 e. The molecule has 0 unspecified atom stereocenters. The Kier molecular flexibility index (Phi) is 5.58. The van der Waals surface area contributed by atoms with E-state index >= 15 is 0 Å². The molecule has 1 aromatic carbocycles. The molecule has 29 heavy (non-hydrogen) atoms. The summed E-state index contributed by atoms with van der Waals surface area (Å²) in [5, 5.41) is 10.4. The van der Waals surface area contributed by atoms with Crippen LogP contribution >= 0.6 is 11.3 Å². The topological polar surface area (TPSA) is 76.2 Å². The summed E-state index contributed by atoms with van der Waals surface area (Å²) in [4.78, 5) is 13.8. The molecule has 3 aromatic heterocycles. The van der Waals surface area contributed by atoms with Crippen molar-refractivity contribution in [3.05, 3.63) is 94.6 Å². The molecular formula is C22H19N5OS. The zero-order valence-electron chi connectivity index (χ0n) is 15.8. The SMILES string of the molecule is COc1ccc(-c2csc(=NC(=N)c3ccncc3)n2Cc2ccccn2)cc1. The Labute approximate surface area is 172 Å². The fourth-order valence-corrected chi connectivity index (χ4v) is 3.80. The number of rotatable bonds is 5. The Balaban J connectivity index is 1.79. The van der Waals surface area contributed by atoms with Gasteiger partial charge in [-0.3, -0.25) is 15.4 Å². The van der Waals surface area contributed by atoms with Crippen molar-refractivity contribution in [3.8, 4) is 17.0 Å². The molecule has 0 aliphatic heterocycles. The molecule has 4 rings (SSSR count). The van der Waals surface area contributed by atoms with E-state index in [0.29, 0.717) is 6.54 Å². The van der Waals surface area contributed by atoms with Crippen molar-refractivity contribution in [2.75, 3.05) is 7.11 Å². The van der Waals surface area contributed by atoms with Gasteiger partial charge in [-0.2, -0.15) is 0 Å². The van der Waals surface area contributed by atoms with Gasteiger partial charge in [0.25, 0.3) is 0 Å². The summed E-state index contributed by atoms with van der Waals surface area (Å²) in [6.07, 6.45) is 5.11. The van der Waals surface area contributed by atoms with E-state index in [4.69, 9.17) is 10.1 Å². The van der Waals surface area contributed by atoms with E-state index in [2.05, 4.69) is 24.9 Å². The van der Waals surface area contributed by atoms with Crippen LogP contribution in [0.3, 0.4) is 0 Å². The fourth-order valence-electron chi connectivity index (χ4n) is 2.89. The second-order valence-electron chi connectivity index (χ2n) is 6.24. The third-order valence-corrected chi connectivity index (χ3v) is 5.25. The molecule has 0 spiro atoms. The molecule has 1 N–H and O–H groups in total. The molecule has 0 atom stereocenters. The van der Waals surface area contributed by atoms with E-state index in [0.717, 1.165) is 33.1 Å². The zero-order valence-corrected chi connectivity index (χ0v) is 16.6. The second-order valence-corrected chi connectivity index (χ2v) is 7.07. The van der Waals surface area contributed by atoms with Crippen LogP contribution in [0.1, 0.15) is 11.3 Å². The van der Waals surface area contributed by atoms with Gasteiger partial charge in [-0.15, -0.1) is 11.3 Å². The van der Waals surface area contributed by atoms with Crippen LogP contribution in [0, 0.1) is 5.41 Å². The molecule has 0 bridgehead atoms. The minimum absolute atomic E-state index is 0.199. The number of hydrogen-bond donors (Lipinski definition) is 1. The lowest BCUT2D eigenvalue weighted by atomic mass is 10.1. The Morgan fingerprint density at radius 2 is 1.86 bits per heavy atom. The predicted octanol–water partition coefficient (Wildman–Crippen LogP) is 3.99. The van der Waals surface area contributed by atoms with E-state index in [1.807, 2.05) is 42.5 Å². The van der Waals surface area contributed by atoms with Gasteiger partial charge in [0.05, 0.1) is 25.0 Å². The van der Waals surface area contributed by atoms with Crippen LogP contribution in [-0.4, -0.2) is 27.5 Å². The summed E-state index contributed by atoms with van der Waals surface area (Å²) in [5.41, 5.74) is 3.72. The van der Waals surface area contributed by atoms with Crippen LogP contribution in [0.4, 0.5) is 0 Å². The van der Waals surface area contributed by atoms with Gasteiger partial charge in [-0.1, -0.05) is 6.07 Å². The van der Waals surface area contributed by atoms with Gasteiger partial charge >= 0.3 is 0 Å². The number of hydrogen-bond acceptors (Lipinski definition) is 5. The monoisotopic (exact) mass is 401 g/mol. The van der Waals surface area contributed by atoms with Crippen LogP contribution in [0.25, 0.3) is 11.3 Å². The van der Waals surface area contributed by atoms with Crippen LogP contribution in [0.2, 0.25) is 0 Å². The number of amidine groups is 1. The fraction of sp³-hybridized carbons (Fsp3) is 0.0909. The van der Waals surface area contributed by atoms with Gasteiger partial charge in [0.1, 0.15) is 5.75 Å². The summed E-state index contributed by atoms with van der Waals surface area (Å²) >= 11 is 1.50. The minimum Gasteiger partial charge on any atom is -0.497 e. The van der Waals surface area contributed by atoms with Gasteiger partial charge in [0.2, 0.25) is 0 Å². The first-order valence-electron chi connectivity index (χ1n) is 9.01. The third kappa shape index (κ3) is 4.30. The van der Waals surface area contributed by atoms with Crippen molar-refractivity contribution in [1.82, 2.24) is 14.5 Å². The summed E-state index contributed by atoms with van der Waals surface area (Å²) < 4.78 is 7.36. The average Bonchev–Trinajstić information content (AvgIpc) is 3.17. The highest BCUT2D eigenvalue weighted by molar-refractivity contribution is 7.07. The number of aromatic nitrogens is 3. The van der Waals surface area contributed by atoms with Crippen LogP contribution in [0.15, 0.2) is 83.6 Å². The van der Waals surface area contributed by atoms with Crippen molar-refractivity contribution in [2.45, 2.75) is 6.54 Å². The Bertz CT molecular complexity index is 1170. The first kappa shape index (κ1) is 18.8. The summed E-state index contributed by atoms with van der Waals surface area (Å²) in [7, 11) is 1.66. The maximum absolute atomic E-state index is 8.38. The molecule has 0 radical (unpaired) electrons. The normalized spacial score (nSPS) is 11.4. The highest BCUT2D eigenvalue weighted by atomic mass is 32.1. The maximum Gasteiger partial charge on any atom is 0.192 e. The van der Waals surface area contributed by atoms with E-state index in [9.17, 15) is 0 Å². The number of nitrogens with one attached hydrogen (secondary N) is 1. The molecule has 0 aliphatic carbocycles. The summed E-state index contributed by atoms with van der Waals surface area (Å²) in [6, 6.07) is 17.3. The third-order valence-electron chi connectivity index (χ3n) is 4.39. The van der Waals surface area contributed by atoms with E-state index in [-0.39, 0.29) is 5.84 Å². The number of thiazole rings is 1. The molecule has 6 nitrogen and oxygen atoms in total. The summed E-state index contributed by atoms with van der Waals surface area (Å²) in [6.45, 7) is 0.564. The Morgan fingerprint density at radius 1 is 1.07 bits per heavy atom. The number of pyridine rings is 2. The number of ether oxygens (including phenoxy) is 1. The molecule has 0 aliphatic rings. The lowest BCUT2D eigenvalue weighted by Gasteiger charge is -2.10. The molecule has 7 heteroatoms. The van der Waals surface area contributed by atoms with Crippen LogP contribution < -0.4 is 9.54 Å². The predicted molar refractivity (Wildman–Crippen MR) is 114 cm³/mol. The van der Waals surface area contributed by atoms with Gasteiger partial charge in [0, 0.05) is 29.5 Å². The molecule has 0 saturated heterocycles. The van der Waals surface area contributed by atoms with E-state index in [1.54, 1.807) is 37.8 Å². The standard InChI is InChI=1S/C22H19N5OS/c1-28-19-7-5-16(6-8-19)20-15-29-22(26-21(23)17-9-12-24-13-10-17)27(20)14-18-4-2-3-11-25-18/h2-13,15,23H,14H2,1H3. The van der Waals surface area contributed by atoms with Crippen molar-refractivity contribution in [3.63, 3.8) is 0 Å². The van der Waals surface area contributed by atoms with Crippen molar-refractivity contribution in [2.24, 2.45) is 4.99 Å². The van der Waals surface area contributed by atoms with Crippen LogP contribution in [0.5, 0.6) is 5.75 Å². The molecule has 144 valence electrons. The van der Waals surface area contributed by atoms with Crippen LogP contribution in [-0.2, 0) is 6.54 Å². The summed E-state index contributed by atoms with van der Waals surface area (Å²) in [5.74, 6) is 1.01. The van der Waals surface area contributed by atoms with Crippen molar-refractivity contribution >= 4 is 17.2 Å². The number of methoxy groups -OCH3 is 1. The van der Waals surface area contributed by atoms with E-state index in [1.165, 1.54) is 11.3 Å². The second kappa shape index (κ2) is 8.62. The smallest absolute Gasteiger partial charge is 0.192 e. The van der Waals surface area contributed by atoms with E-state index < -0.39 is 0 Å². The molecule has 4 aromatic rings. The molecule has 0 fully saturated rings. The van der Waals surface area contributed by atoms with Gasteiger partial charge in [-0.25, -0.2) is 4.99 Å². The maximum atomic E-state index is 8.38.